The molecule has 0 radical (unpaired) electrons. The van der Waals surface area contributed by atoms with Crippen LogP contribution in [0, 0.1) is 15.2 Å². The van der Waals surface area contributed by atoms with E-state index >= 15 is 0 Å². The first-order valence-corrected chi connectivity index (χ1v) is 7.42. The Morgan fingerprint density at radius 2 is 1.76 bits per heavy atom. The van der Waals surface area contributed by atoms with E-state index in [-0.39, 0.29) is 6.54 Å². The molecule has 3 aromatic rings. The molecule has 0 saturated heterocycles. The summed E-state index contributed by atoms with van der Waals surface area (Å²) in [6.45, 7) is 0.274. The van der Waals surface area contributed by atoms with Gasteiger partial charge in [-0.3, -0.25) is 4.68 Å². The molecule has 0 aliphatic rings. The van der Waals surface area contributed by atoms with Gasteiger partial charge in [0.15, 0.2) is 0 Å². The van der Waals surface area contributed by atoms with Crippen LogP contribution in [0.1, 0.15) is 5.56 Å². The molecule has 0 saturated carbocycles. The number of halogens is 3. The summed E-state index contributed by atoms with van der Waals surface area (Å²) in [6, 6.07) is 11.7. The van der Waals surface area contributed by atoms with Crippen LogP contribution in [-0.4, -0.2) is 9.78 Å². The number of benzene rings is 2. The van der Waals surface area contributed by atoms with E-state index in [0.29, 0.717) is 5.56 Å². The highest BCUT2D eigenvalue weighted by Gasteiger charge is 2.07. The summed E-state index contributed by atoms with van der Waals surface area (Å²) in [7, 11) is 0. The normalized spacial score (nSPS) is 10.8. The minimum absolute atomic E-state index is 0.274. The highest BCUT2D eigenvalue weighted by molar-refractivity contribution is 14.1. The van der Waals surface area contributed by atoms with Gasteiger partial charge in [-0.05, 0) is 46.4 Å². The van der Waals surface area contributed by atoms with Crippen LogP contribution in [-0.2, 0) is 6.54 Å². The van der Waals surface area contributed by atoms with Crippen LogP contribution in [0.4, 0.5) is 8.78 Å². The maximum absolute atomic E-state index is 13.6. The van der Waals surface area contributed by atoms with Crippen molar-refractivity contribution in [3.05, 3.63) is 75.6 Å². The maximum atomic E-state index is 13.6. The van der Waals surface area contributed by atoms with Crippen molar-refractivity contribution in [1.82, 2.24) is 9.78 Å². The molecule has 0 unspecified atom stereocenters. The molecule has 0 N–H and O–H groups in total. The summed E-state index contributed by atoms with van der Waals surface area (Å²) < 4.78 is 29.3. The fourth-order valence-corrected chi connectivity index (χ4v) is 2.43. The molecule has 21 heavy (non-hydrogen) atoms. The summed E-state index contributed by atoms with van der Waals surface area (Å²) in [4.78, 5) is 0. The molecule has 5 heteroatoms. The van der Waals surface area contributed by atoms with E-state index in [1.54, 1.807) is 10.9 Å². The van der Waals surface area contributed by atoms with Gasteiger partial charge in [-0.2, -0.15) is 5.10 Å². The van der Waals surface area contributed by atoms with Gasteiger partial charge in [-0.15, -0.1) is 0 Å². The van der Waals surface area contributed by atoms with Crippen LogP contribution in [0.25, 0.3) is 11.1 Å². The second-order valence-electron chi connectivity index (χ2n) is 4.67. The molecule has 0 aliphatic carbocycles. The predicted octanol–water partition coefficient (Wildman–Crippen LogP) is 4.48. The molecule has 0 fully saturated rings. The van der Waals surface area contributed by atoms with Gasteiger partial charge in [0.05, 0.1) is 12.7 Å². The summed E-state index contributed by atoms with van der Waals surface area (Å²) in [6.07, 6.45) is 3.59. The predicted molar refractivity (Wildman–Crippen MR) is 85.8 cm³/mol. The largest absolute Gasteiger partial charge is 0.268 e. The van der Waals surface area contributed by atoms with E-state index in [1.165, 1.54) is 12.1 Å². The summed E-state index contributed by atoms with van der Waals surface area (Å²) in [5.74, 6) is -1.13. The Morgan fingerprint density at radius 3 is 2.48 bits per heavy atom. The third-order valence-corrected chi connectivity index (χ3v) is 3.88. The highest BCUT2D eigenvalue weighted by Crippen LogP contribution is 2.20. The summed E-state index contributed by atoms with van der Waals surface area (Å²) in [5.41, 5.74) is 2.43. The van der Waals surface area contributed by atoms with Gasteiger partial charge in [-0.1, -0.05) is 18.2 Å². The number of hydrogen-bond acceptors (Lipinski definition) is 1. The maximum Gasteiger partial charge on any atom is 0.131 e. The van der Waals surface area contributed by atoms with Crippen molar-refractivity contribution in [2.24, 2.45) is 0 Å². The highest BCUT2D eigenvalue weighted by atomic mass is 127. The van der Waals surface area contributed by atoms with E-state index in [0.717, 1.165) is 20.8 Å². The Labute approximate surface area is 134 Å². The Morgan fingerprint density at radius 1 is 1.00 bits per heavy atom. The molecule has 106 valence electrons. The topological polar surface area (TPSA) is 17.8 Å². The van der Waals surface area contributed by atoms with Gasteiger partial charge in [0.25, 0.3) is 0 Å². The van der Waals surface area contributed by atoms with E-state index in [4.69, 9.17) is 0 Å². The van der Waals surface area contributed by atoms with Crippen LogP contribution in [0.3, 0.4) is 0 Å². The van der Waals surface area contributed by atoms with Crippen LogP contribution in [0.5, 0.6) is 0 Å². The lowest BCUT2D eigenvalue weighted by Gasteiger charge is -2.03. The van der Waals surface area contributed by atoms with Crippen molar-refractivity contribution >= 4 is 22.6 Å². The average Bonchev–Trinajstić information content (AvgIpc) is 2.91. The second kappa shape index (κ2) is 5.93. The van der Waals surface area contributed by atoms with Gasteiger partial charge >= 0.3 is 0 Å². The van der Waals surface area contributed by atoms with Gasteiger partial charge in [0, 0.05) is 27.0 Å². The first-order chi connectivity index (χ1) is 10.1. The molecular weight excluding hydrogens is 385 g/mol. The molecule has 0 spiro atoms. The van der Waals surface area contributed by atoms with Crippen molar-refractivity contribution in [1.29, 1.82) is 0 Å². The molecular formula is C16H11F2IN2. The molecule has 0 bridgehead atoms. The smallest absolute Gasteiger partial charge is 0.131 e. The van der Waals surface area contributed by atoms with Crippen LogP contribution in [0.2, 0.25) is 0 Å². The van der Waals surface area contributed by atoms with Crippen molar-refractivity contribution < 1.29 is 8.78 Å². The first-order valence-electron chi connectivity index (χ1n) is 6.34. The van der Waals surface area contributed by atoms with Crippen molar-refractivity contribution in [2.75, 3.05) is 0 Å². The first kappa shape index (κ1) is 14.2. The van der Waals surface area contributed by atoms with Crippen LogP contribution < -0.4 is 0 Å². The van der Waals surface area contributed by atoms with E-state index in [2.05, 4.69) is 27.7 Å². The Balaban J connectivity index is 1.83. The zero-order valence-electron chi connectivity index (χ0n) is 10.9. The van der Waals surface area contributed by atoms with Crippen LogP contribution in [0.15, 0.2) is 54.9 Å². The molecule has 2 nitrogen and oxygen atoms in total. The molecule has 3 rings (SSSR count). The number of rotatable bonds is 3. The zero-order chi connectivity index (χ0) is 14.8. The third kappa shape index (κ3) is 3.29. The standard InChI is InChI=1S/C16H11F2IN2/c17-14-4-1-12(16(18)7-14)9-21-10-13(8-20-21)11-2-5-15(19)6-3-11/h1-8,10H,9H2. The zero-order valence-corrected chi connectivity index (χ0v) is 13.1. The molecule has 2 aromatic carbocycles. The van der Waals surface area contributed by atoms with E-state index in [9.17, 15) is 8.78 Å². The van der Waals surface area contributed by atoms with Gasteiger partial charge in [-0.25, -0.2) is 8.78 Å². The van der Waals surface area contributed by atoms with Gasteiger partial charge in [0.2, 0.25) is 0 Å². The Bertz CT molecular complexity index is 766. The third-order valence-electron chi connectivity index (χ3n) is 3.16. The quantitative estimate of drug-likeness (QED) is 0.597. The molecule has 1 aromatic heterocycles. The molecule has 0 amide bonds. The fourth-order valence-electron chi connectivity index (χ4n) is 2.07. The van der Waals surface area contributed by atoms with Crippen molar-refractivity contribution in [3.63, 3.8) is 0 Å². The van der Waals surface area contributed by atoms with Gasteiger partial charge in [0.1, 0.15) is 11.6 Å². The van der Waals surface area contributed by atoms with Crippen molar-refractivity contribution in [2.45, 2.75) is 6.54 Å². The monoisotopic (exact) mass is 396 g/mol. The second-order valence-corrected chi connectivity index (χ2v) is 5.91. The van der Waals surface area contributed by atoms with Crippen LogP contribution >= 0.6 is 22.6 Å². The lowest BCUT2D eigenvalue weighted by molar-refractivity contribution is 0.558. The van der Waals surface area contributed by atoms with Crippen molar-refractivity contribution in [3.8, 4) is 11.1 Å². The molecule has 1 heterocycles. The SMILES string of the molecule is Fc1ccc(Cn2cc(-c3ccc(I)cc3)cn2)c(F)c1. The minimum atomic E-state index is -0.573. The minimum Gasteiger partial charge on any atom is -0.268 e. The summed E-state index contributed by atoms with van der Waals surface area (Å²) >= 11 is 2.25. The number of nitrogens with zero attached hydrogens (tertiary/aromatic N) is 2. The lowest BCUT2D eigenvalue weighted by Crippen LogP contribution is -2.02. The van der Waals surface area contributed by atoms with Gasteiger partial charge < -0.3 is 0 Å². The average molecular weight is 396 g/mol. The molecule has 0 atom stereocenters. The van der Waals surface area contributed by atoms with E-state index in [1.807, 2.05) is 30.5 Å². The van der Waals surface area contributed by atoms with E-state index < -0.39 is 11.6 Å². The fraction of sp³-hybridized carbons (Fsp3) is 0.0625. The Kier molecular flexibility index (Phi) is 4.01. The lowest BCUT2D eigenvalue weighted by atomic mass is 10.1. The molecule has 0 aliphatic heterocycles. The summed E-state index contributed by atoms with van der Waals surface area (Å²) in [5, 5.41) is 4.23. The number of hydrogen-bond donors (Lipinski definition) is 0. The Hall–Kier alpha value is -1.76. The number of aromatic nitrogens is 2.